The van der Waals surface area contributed by atoms with Gasteiger partial charge in [-0.2, -0.15) is 0 Å². The largest absolute Gasteiger partial charge is 0.489 e. The van der Waals surface area contributed by atoms with Crippen LogP contribution in [0, 0.1) is 5.92 Å². The molecule has 2 saturated carbocycles. The predicted molar refractivity (Wildman–Crippen MR) is 101 cm³/mol. The average Bonchev–Trinajstić information content (AvgIpc) is 3.46. The molecule has 0 saturated heterocycles. The quantitative estimate of drug-likeness (QED) is 0.868. The van der Waals surface area contributed by atoms with Crippen molar-refractivity contribution in [2.45, 2.75) is 56.2 Å². The Balaban J connectivity index is 1.34. The van der Waals surface area contributed by atoms with Gasteiger partial charge in [0.25, 0.3) is 0 Å². The molecule has 3 nitrogen and oxygen atoms in total. The lowest BCUT2D eigenvalue weighted by Gasteiger charge is -2.36. The molecule has 2 aromatic carbocycles. The standard InChI is InChI=1S/C22H28N2O/c23-18-10-12-22(24,13-11-18)21-14-20(21)17-6-8-19(9-7-17)25-15-16-4-2-1-3-5-16/h1-9,18,20-21H,10-15,23-24H2. The summed E-state index contributed by atoms with van der Waals surface area (Å²) in [5, 5.41) is 0. The van der Waals surface area contributed by atoms with Gasteiger partial charge in [0.05, 0.1) is 0 Å². The van der Waals surface area contributed by atoms with E-state index < -0.39 is 0 Å². The van der Waals surface area contributed by atoms with Crippen LogP contribution in [0.2, 0.25) is 0 Å². The van der Waals surface area contributed by atoms with E-state index in [1.165, 1.54) is 17.5 Å². The Hall–Kier alpha value is -1.84. The molecule has 0 amide bonds. The van der Waals surface area contributed by atoms with Crippen molar-refractivity contribution in [3.05, 3.63) is 65.7 Å². The van der Waals surface area contributed by atoms with Crippen LogP contribution in [0.15, 0.2) is 54.6 Å². The van der Waals surface area contributed by atoms with E-state index in [1.54, 1.807) is 0 Å². The number of hydrogen-bond acceptors (Lipinski definition) is 3. The van der Waals surface area contributed by atoms with E-state index in [-0.39, 0.29) is 5.54 Å². The van der Waals surface area contributed by atoms with Gasteiger partial charge in [0.15, 0.2) is 0 Å². The topological polar surface area (TPSA) is 61.3 Å². The number of benzene rings is 2. The summed E-state index contributed by atoms with van der Waals surface area (Å²) in [5.74, 6) is 2.16. The molecule has 4 rings (SSSR count). The smallest absolute Gasteiger partial charge is 0.119 e. The fraction of sp³-hybridized carbons (Fsp3) is 0.455. The van der Waals surface area contributed by atoms with Gasteiger partial charge in [-0.05, 0) is 67.2 Å². The molecule has 0 bridgehead atoms. The summed E-state index contributed by atoms with van der Waals surface area (Å²) in [6.45, 7) is 0.610. The minimum absolute atomic E-state index is 0.00299. The molecule has 2 aliphatic rings. The van der Waals surface area contributed by atoms with Crippen molar-refractivity contribution < 1.29 is 4.74 Å². The lowest BCUT2D eigenvalue weighted by Crippen LogP contribution is -2.48. The van der Waals surface area contributed by atoms with Gasteiger partial charge in [-0.3, -0.25) is 0 Å². The van der Waals surface area contributed by atoms with Crippen LogP contribution < -0.4 is 16.2 Å². The Labute approximate surface area is 150 Å². The third kappa shape index (κ3) is 3.73. The number of hydrogen-bond donors (Lipinski definition) is 2. The maximum atomic E-state index is 6.72. The number of nitrogens with two attached hydrogens (primary N) is 2. The molecule has 4 N–H and O–H groups in total. The first-order chi connectivity index (χ1) is 12.1. The molecule has 25 heavy (non-hydrogen) atoms. The summed E-state index contributed by atoms with van der Waals surface area (Å²) in [7, 11) is 0. The van der Waals surface area contributed by atoms with Crippen molar-refractivity contribution in [3.8, 4) is 5.75 Å². The molecule has 2 aromatic rings. The maximum Gasteiger partial charge on any atom is 0.119 e. The molecule has 0 spiro atoms. The fourth-order valence-corrected chi connectivity index (χ4v) is 4.30. The fourth-order valence-electron chi connectivity index (χ4n) is 4.30. The lowest BCUT2D eigenvalue weighted by molar-refractivity contribution is 0.239. The van der Waals surface area contributed by atoms with Gasteiger partial charge < -0.3 is 16.2 Å². The zero-order valence-electron chi connectivity index (χ0n) is 14.7. The highest BCUT2D eigenvalue weighted by atomic mass is 16.5. The monoisotopic (exact) mass is 336 g/mol. The van der Waals surface area contributed by atoms with Crippen LogP contribution in [0.25, 0.3) is 0 Å². The van der Waals surface area contributed by atoms with Crippen molar-refractivity contribution in [1.82, 2.24) is 0 Å². The van der Waals surface area contributed by atoms with Crippen LogP contribution in [-0.4, -0.2) is 11.6 Å². The maximum absolute atomic E-state index is 6.72. The van der Waals surface area contributed by atoms with Crippen LogP contribution in [-0.2, 0) is 6.61 Å². The van der Waals surface area contributed by atoms with Gasteiger partial charge in [-0.15, -0.1) is 0 Å². The van der Waals surface area contributed by atoms with Gasteiger partial charge in [0, 0.05) is 11.6 Å². The van der Waals surface area contributed by atoms with Crippen molar-refractivity contribution in [2.24, 2.45) is 17.4 Å². The summed E-state index contributed by atoms with van der Waals surface area (Å²) in [6.07, 6.45) is 5.52. The molecule has 2 fully saturated rings. The summed E-state index contributed by atoms with van der Waals surface area (Å²) in [5.41, 5.74) is 15.3. The van der Waals surface area contributed by atoms with Gasteiger partial charge in [0.1, 0.15) is 12.4 Å². The molecular formula is C22H28N2O. The van der Waals surface area contributed by atoms with Crippen LogP contribution in [0.3, 0.4) is 0 Å². The molecule has 0 aliphatic heterocycles. The predicted octanol–water partition coefficient (Wildman–Crippen LogP) is 3.97. The highest BCUT2D eigenvalue weighted by Crippen LogP contribution is 2.56. The molecular weight excluding hydrogens is 308 g/mol. The SMILES string of the molecule is NC1CCC(N)(C2CC2c2ccc(OCc3ccccc3)cc2)CC1. The first kappa shape index (κ1) is 16.6. The van der Waals surface area contributed by atoms with Crippen molar-refractivity contribution in [3.63, 3.8) is 0 Å². The first-order valence-corrected chi connectivity index (χ1v) is 9.45. The Morgan fingerprint density at radius 1 is 0.960 bits per heavy atom. The zero-order chi connectivity index (χ0) is 17.3. The highest BCUT2D eigenvalue weighted by Gasteiger charge is 2.51. The van der Waals surface area contributed by atoms with Gasteiger partial charge in [-0.25, -0.2) is 0 Å². The zero-order valence-corrected chi connectivity index (χ0v) is 14.7. The third-order valence-electron chi connectivity index (χ3n) is 6.05. The molecule has 132 valence electrons. The minimum Gasteiger partial charge on any atom is -0.489 e. The van der Waals surface area contributed by atoms with Gasteiger partial charge >= 0.3 is 0 Å². The second-order valence-corrected chi connectivity index (χ2v) is 7.86. The summed E-state index contributed by atoms with van der Waals surface area (Å²) in [4.78, 5) is 0. The minimum atomic E-state index is 0.00299. The van der Waals surface area contributed by atoms with Crippen LogP contribution in [0.5, 0.6) is 5.75 Å². The third-order valence-corrected chi connectivity index (χ3v) is 6.05. The van der Waals surface area contributed by atoms with Crippen molar-refractivity contribution >= 4 is 0 Å². The molecule has 2 unspecified atom stereocenters. The Kier molecular flexibility index (Phi) is 4.53. The van der Waals surface area contributed by atoms with Crippen LogP contribution in [0.1, 0.15) is 49.1 Å². The molecule has 0 radical (unpaired) electrons. The number of rotatable bonds is 5. The lowest BCUT2D eigenvalue weighted by atomic mass is 9.76. The van der Waals surface area contributed by atoms with Crippen molar-refractivity contribution in [1.29, 1.82) is 0 Å². The van der Waals surface area contributed by atoms with E-state index in [1.807, 2.05) is 18.2 Å². The van der Waals surface area contributed by atoms with E-state index in [9.17, 15) is 0 Å². The Morgan fingerprint density at radius 3 is 2.32 bits per heavy atom. The Bertz CT molecular complexity index is 690. The summed E-state index contributed by atoms with van der Waals surface area (Å²) in [6, 6.07) is 19.2. The van der Waals surface area contributed by atoms with Crippen LogP contribution >= 0.6 is 0 Å². The van der Waals surface area contributed by atoms with Crippen LogP contribution in [0.4, 0.5) is 0 Å². The van der Waals surface area contributed by atoms with Gasteiger partial charge in [0.2, 0.25) is 0 Å². The average molecular weight is 336 g/mol. The first-order valence-electron chi connectivity index (χ1n) is 9.45. The second kappa shape index (κ2) is 6.81. The molecule has 3 heteroatoms. The summed E-state index contributed by atoms with van der Waals surface area (Å²) >= 11 is 0. The molecule has 2 aliphatic carbocycles. The number of ether oxygens (including phenoxy) is 1. The molecule has 0 heterocycles. The van der Waals surface area contributed by atoms with Gasteiger partial charge in [-0.1, -0.05) is 42.5 Å². The van der Waals surface area contributed by atoms with Crippen molar-refractivity contribution in [2.75, 3.05) is 0 Å². The van der Waals surface area contributed by atoms with E-state index in [2.05, 4.69) is 36.4 Å². The van der Waals surface area contributed by atoms with E-state index in [0.29, 0.717) is 24.5 Å². The highest BCUT2D eigenvalue weighted by molar-refractivity contribution is 5.34. The Morgan fingerprint density at radius 2 is 1.64 bits per heavy atom. The second-order valence-electron chi connectivity index (χ2n) is 7.86. The summed E-state index contributed by atoms with van der Waals surface area (Å²) < 4.78 is 5.88. The molecule has 2 atom stereocenters. The van der Waals surface area contributed by atoms with E-state index in [4.69, 9.17) is 16.2 Å². The van der Waals surface area contributed by atoms with E-state index >= 15 is 0 Å². The van der Waals surface area contributed by atoms with E-state index in [0.717, 1.165) is 31.4 Å². The molecule has 0 aromatic heterocycles. The normalized spacial score (nSPS) is 31.5.